The van der Waals surface area contributed by atoms with Crippen LogP contribution in [-0.2, 0) is 9.53 Å². The smallest absolute Gasteiger partial charge is 0.248 e. The molecule has 2 saturated heterocycles. The van der Waals surface area contributed by atoms with Crippen LogP contribution >= 0.6 is 0 Å². The van der Waals surface area contributed by atoms with Gasteiger partial charge in [0.1, 0.15) is 5.82 Å². The number of nitrogens with zero attached hydrogens (tertiary/aromatic N) is 2. The summed E-state index contributed by atoms with van der Waals surface area (Å²) in [5.41, 5.74) is 0.344. The van der Waals surface area contributed by atoms with E-state index in [0.29, 0.717) is 51.5 Å². The fraction of sp³-hybridized carbons (Fsp3) is 0.632. The van der Waals surface area contributed by atoms with E-state index in [1.165, 1.54) is 12.1 Å². The Morgan fingerprint density at radius 2 is 1.88 bits per heavy atom. The second-order valence-corrected chi connectivity index (χ2v) is 8.05. The molecule has 0 bridgehead atoms. The molecule has 3 aliphatic rings. The minimum atomic E-state index is -2.51. The van der Waals surface area contributed by atoms with Crippen LogP contribution in [-0.4, -0.2) is 56.1 Å². The maximum absolute atomic E-state index is 13.2. The summed E-state index contributed by atoms with van der Waals surface area (Å²) in [5.74, 6) is -2.83. The lowest BCUT2D eigenvalue weighted by Gasteiger charge is -2.39. The van der Waals surface area contributed by atoms with Gasteiger partial charge < -0.3 is 14.5 Å². The molecule has 3 fully saturated rings. The van der Waals surface area contributed by atoms with Gasteiger partial charge in [0.15, 0.2) is 0 Å². The van der Waals surface area contributed by atoms with Crippen molar-refractivity contribution in [1.29, 1.82) is 0 Å². The number of rotatable bonds is 3. The van der Waals surface area contributed by atoms with Gasteiger partial charge in [0, 0.05) is 56.5 Å². The highest BCUT2D eigenvalue weighted by atomic mass is 19.3. The molecule has 1 aromatic carbocycles. The highest BCUT2D eigenvalue weighted by Gasteiger charge is 2.49. The molecule has 4 nitrogen and oxygen atoms in total. The summed E-state index contributed by atoms with van der Waals surface area (Å²) >= 11 is 0. The van der Waals surface area contributed by atoms with E-state index in [1.807, 2.05) is 0 Å². The number of alkyl halides is 2. The van der Waals surface area contributed by atoms with E-state index in [2.05, 4.69) is 4.90 Å². The van der Waals surface area contributed by atoms with E-state index in [0.717, 1.165) is 0 Å². The molecule has 1 aliphatic carbocycles. The predicted octanol–water partition coefficient (Wildman–Crippen LogP) is 2.93. The predicted molar refractivity (Wildman–Crippen MR) is 90.7 cm³/mol. The van der Waals surface area contributed by atoms with Gasteiger partial charge in [-0.05, 0) is 30.2 Å². The molecule has 1 aromatic rings. The molecule has 0 N–H and O–H groups in total. The zero-order valence-corrected chi connectivity index (χ0v) is 14.6. The number of amides is 1. The zero-order chi connectivity index (χ0) is 18.4. The third kappa shape index (κ3) is 3.60. The lowest BCUT2D eigenvalue weighted by Crippen LogP contribution is -2.46. The second-order valence-electron chi connectivity index (χ2n) is 8.05. The average molecular weight is 368 g/mol. The first-order valence-corrected chi connectivity index (χ1v) is 9.08. The zero-order valence-electron chi connectivity index (χ0n) is 14.6. The van der Waals surface area contributed by atoms with Crippen LogP contribution in [0.1, 0.15) is 19.3 Å². The Hall–Kier alpha value is -1.60. The maximum atomic E-state index is 13.2. The lowest BCUT2D eigenvalue weighted by molar-refractivity contribution is -0.118. The molecule has 2 heterocycles. The quantitative estimate of drug-likeness (QED) is 0.823. The monoisotopic (exact) mass is 368 g/mol. The summed E-state index contributed by atoms with van der Waals surface area (Å²) in [6.45, 7) is 3.54. The van der Waals surface area contributed by atoms with Crippen LogP contribution in [0.5, 0.6) is 0 Å². The largest absolute Gasteiger partial charge is 0.379 e. The van der Waals surface area contributed by atoms with E-state index in [9.17, 15) is 18.0 Å². The van der Waals surface area contributed by atoms with Crippen LogP contribution in [0, 0.1) is 17.2 Å². The van der Waals surface area contributed by atoms with Gasteiger partial charge in [-0.15, -0.1) is 0 Å². The van der Waals surface area contributed by atoms with Gasteiger partial charge in [-0.25, -0.2) is 13.2 Å². The van der Waals surface area contributed by atoms with Crippen LogP contribution in [0.15, 0.2) is 24.3 Å². The molecule has 4 rings (SSSR count). The van der Waals surface area contributed by atoms with Crippen molar-refractivity contribution >= 4 is 11.6 Å². The number of carbonyl (C=O) groups excluding carboxylic acids is 1. The van der Waals surface area contributed by atoms with Crippen molar-refractivity contribution in [3.63, 3.8) is 0 Å². The first-order chi connectivity index (χ1) is 12.3. The Bertz CT molecular complexity index is 674. The number of benzene rings is 1. The summed E-state index contributed by atoms with van der Waals surface area (Å²) in [5, 5.41) is 0. The first kappa shape index (κ1) is 17.8. The van der Waals surface area contributed by atoms with Gasteiger partial charge in [0.25, 0.3) is 0 Å². The fourth-order valence-electron chi connectivity index (χ4n) is 4.47. The van der Waals surface area contributed by atoms with Crippen LogP contribution in [0.3, 0.4) is 0 Å². The molecule has 0 unspecified atom stereocenters. The molecule has 1 amide bonds. The van der Waals surface area contributed by atoms with Crippen molar-refractivity contribution in [3.05, 3.63) is 30.1 Å². The van der Waals surface area contributed by atoms with E-state index >= 15 is 0 Å². The van der Waals surface area contributed by atoms with Crippen molar-refractivity contribution in [2.75, 3.05) is 44.3 Å². The third-order valence-electron chi connectivity index (χ3n) is 5.67. The molecular formula is C19H23F3N2O2. The van der Waals surface area contributed by atoms with Crippen molar-refractivity contribution < 1.29 is 22.7 Å². The fourth-order valence-corrected chi connectivity index (χ4v) is 4.47. The van der Waals surface area contributed by atoms with Gasteiger partial charge in [0.05, 0.1) is 13.2 Å². The highest BCUT2D eigenvalue weighted by molar-refractivity contribution is 5.96. The van der Waals surface area contributed by atoms with E-state index in [-0.39, 0.29) is 35.9 Å². The molecule has 0 radical (unpaired) electrons. The molecule has 1 spiro atoms. The maximum Gasteiger partial charge on any atom is 0.248 e. The highest BCUT2D eigenvalue weighted by Crippen LogP contribution is 2.43. The Balaban J connectivity index is 1.45. The molecule has 1 atom stereocenters. The molecule has 142 valence electrons. The molecular weight excluding hydrogens is 345 g/mol. The topological polar surface area (TPSA) is 32.8 Å². The van der Waals surface area contributed by atoms with Crippen molar-refractivity contribution in [3.8, 4) is 0 Å². The lowest BCUT2D eigenvalue weighted by atomic mass is 9.80. The molecule has 2 aliphatic heterocycles. The Kier molecular flexibility index (Phi) is 4.47. The van der Waals surface area contributed by atoms with Crippen molar-refractivity contribution in [1.82, 2.24) is 4.90 Å². The first-order valence-electron chi connectivity index (χ1n) is 9.08. The summed E-state index contributed by atoms with van der Waals surface area (Å²) in [6, 6.07) is 5.91. The second kappa shape index (κ2) is 6.53. The number of halogens is 3. The molecule has 1 saturated carbocycles. The van der Waals surface area contributed by atoms with Gasteiger partial charge >= 0.3 is 0 Å². The Morgan fingerprint density at radius 1 is 1.15 bits per heavy atom. The van der Waals surface area contributed by atoms with Crippen LogP contribution in [0.2, 0.25) is 0 Å². The third-order valence-corrected chi connectivity index (χ3v) is 5.67. The minimum Gasteiger partial charge on any atom is -0.379 e. The van der Waals surface area contributed by atoms with Crippen LogP contribution in [0.4, 0.5) is 18.9 Å². The van der Waals surface area contributed by atoms with E-state index in [4.69, 9.17) is 4.74 Å². The normalized spacial score (nSPS) is 29.8. The van der Waals surface area contributed by atoms with Gasteiger partial charge in [-0.3, -0.25) is 4.79 Å². The van der Waals surface area contributed by atoms with E-state index < -0.39 is 5.92 Å². The number of hydrogen-bond donors (Lipinski definition) is 0. The summed E-state index contributed by atoms with van der Waals surface area (Å²) in [7, 11) is 0. The van der Waals surface area contributed by atoms with Crippen LogP contribution in [0.25, 0.3) is 0 Å². The summed E-state index contributed by atoms with van der Waals surface area (Å²) in [6.07, 6.45) is 0.275. The van der Waals surface area contributed by atoms with Gasteiger partial charge in [0.2, 0.25) is 11.8 Å². The van der Waals surface area contributed by atoms with Crippen LogP contribution < -0.4 is 4.90 Å². The van der Waals surface area contributed by atoms with Gasteiger partial charge in [-0.1, -0.05) is 0 Å². The Morgan fingerprint density at radius 3 is 2.58 bits per heavy atom. The SMILES string of the molecule is O=C1C[C@]2(COCCN(CC3CC(F)(F)C3)C2)CN1c1ccc(F)cc1. The van der Waals surface area contributed by atoms with Crippen molar-refractivity contribution in [2.24, 2.45) is 11.3 Å². The number of hydrogen-bond acceptors (Lipinski definition) is 3. The summed E-state index contributed by atoms with van der Waals surface area (Å²) < 4.78 is 45.1. The van der Waals surface area contributed by atoms with Gasteiger partial charge in [-0.2, -0.15) is 0 Å². The number of ether oxygens (including phenoxy) is 1. The summed E-state index contributed by atoms with van der Waals surface area (Å²) in [4.78, 5) is 16.4. The average Bonchev–Trinajstić information content (AvgIpc) is 2.74. The molecule has 7 heteroatoms. The minimum absolute atomic E-state index is 0.00256. The van der Waals surface area contributed by atoms with E-state index in [1.54, 1.807) is 17.0 Å². The Labute approximate surface area is 150 Å². The molecule has 26 heavy (non-hydrogen) atoms. The number of carbonyl (C=O) groups is 1. The number of anilines is 1. The standard InChI is InChI=1S/C19H23F3N2O2/c20-15-1-3-16(4-2-15)24-12-18(9-17(24)25)11-23(5-6-26-13-18)10-14-7-19(21,22)8-14/h1-4,14H,5-13H2/t18-/m1/s1. The molecule has 0 aromatic heterocycles. The van der Waals surface area contributed by atoms with Crippen molar-refractivity contribution in [2.45, 2.75) is 25.2 Å².